The predicted octanol–water partition coefficient (Wildman–Crippen LogP) is 4.55. The van der Waals surface area contributed by atoms with E-state index in [4.69, 9.17) is 0 Å². The summed E-state index contributed by atoms with van der Waals surface area (Å²) < 4.78 is 0. The summed E-state index contributed by atoms with van der Waals surface area (Å²) in [4.78, 5) is 0. The Bertz CT molecular complexity index is 344. The number of rotatable bonds is 4. The van der Waals surface area contributed by atoms with Crippen LogP contribution < -0.4 is 5.32 Å². The Kier molecular flexibility index (Phi) is 4.82. The molecule has 1 nitrogen and oxygen atoms in total. The summed E-state index contributed by atoms with van der Waals surface area (Å²) in [7, 11) is 0. The Morgan fingerprint density at radius 2 is 1.83 bits per heavy atom. The molecule has 100 valence electrons. The van der Waals surface area contributed by atoms with E-state index in [0.29, 0.717) is 18.0 Å². The minimum absolute atomic E-state index is 0.501. The van der Waals surface area contributed by atoms with Gasteiger partial charge in [-0.05, 0) is 30.2 Å². The highest BCUT2D eigenvalue weighted by Crippen LogP contribution is 2.28. The van der Waals surface area contributed by atoms with Gasteiger partial charge >= 0.3 is 0 Å². The van der Waals surface area contributed by atoms with Crippen molar-refractivity contribution in [3.05, 3.63) is 35.9 Å². The Balaban J connectivity index is 2.03. The molecule has 1 saturated carbocycles. The molecule has 1 N–H and O–H groups in total. The van der Waals surface area contributed by atoms with Crippen molar-refractivity contribution in [3.63, 3.8) is 0 Å². The Hall–Kier alpha value is -0.820. The molecular weight excluding hydrogens is 218 g/mol. The lowest BCUT2D eigenvalue weighted by atomic mass is 9.85. The smallest absolute Gasteiger partial charge is 0.0345 e. The molecule has 0 radical (unpaired) electrons. The van der Waals surface area contributed by atoms with E-state index in [9.17, 15) is 0 Å². The van der Waals surface area contributed by atoms with Crippen LogP contribution in [-0.4, -0.2) is 6.04 Å². The second-order valence-corrected chi connectivity index (χ2v) is 6.27. The third-order valence-electron chi connectivity index (χ3n) is 4.18. The van der Waals surface area contributed by atoms with Crippen LogP contribution in [0.4, 0.5) is 0 Å². The van der Waals surface area contributed by atoms with Crippen molar-refractivity contribution in [1.82, 2.24) is 5.32 Å². The molecule has 0 bridgehead atoms. The lowest BCUT2D eigenvalue weighted by Gasteiger charge is -2.33. The number of hydrogen-bond donors (Lipinski definition) is 1. The maximum Gasteiger partial charge on any atom is 0.0345 e. The van der Waals surface area contributed by atoms with E-state index in [0.717, 1.165) is 5.92 Å². The van der Waals surface area contributed by atoms with Gasteiger partial charge in [0.25, 0.3) is 0 Å². The van der Waals surface area contributed by atoms with Crippen molar-refractivity contribution >= 4 is 0 Å². The molecule has 1 aliphatic rings. The van der Waals surface area contributed by atoms with E-state index in [1.54, 1.807) is 0 Å². The molecule has 1 heteroatoms. The highest BCUT2D eigenvalue weighted by Gasteiger charge is 2.23. The zero-order valence-electron chi connectivity index (χ0n) is 12.0. The first-order valence-electron chi connectivity index (χ1n) is 7.48. The number of nitrogens with one attached hydrogen (secondary N) is 1. The summed E-state index contributed by atoms with van der Waals surface area (Å²) in [6.45, 7) is 7.02. The van der Waals surface area contributed by atoms with E-state index in [1.165, 1.54) is 31.2 Å². The van der Waals surface area contributed by atoms with Crippen molar-refractivity contribution in [2.75, 3.05) is 0 Å². The second kappa shape index (κ2) is 6.38. The van der Waals surface area contributed by atoms with Crippen LogP contribution in [0.2, 0.25) is 0 Å². The van der Waals surface area contributed by atoms with Gasteiger partial charge in [-0.15, -0.1) is 0 Å². The highest BCUT2D eigenvalue weighted by molar-refractivity contribution is 5.19. The average molecular weight is 245 g/mol. The van der Waals surface area contributed by atoms with E-state index < -0.39 is 0 Å². The van der Waals surface area contributed by atoms with Gasteiger partial charge in [0, 0.05) is 12.1 Å². The van der Waals surface area contributed by atoms with Crippen LogP contribution in [0.5, 0.6) is 0 Å². The van der Waals surface area contributed by atoms with E-state index in [1.807, 2.05) is 0 Å². The van der Waals surface area contributed by atoms with Crippen molar-refractivity contribution in [1.29, 1.82) is 0 Å². The van der Waals surface area contributed by atoms with Crippen LogP contribution in [0.15, 0.2) is 30.3 Å². The van der Waals surface area contributed by atoms with E-state index in [-0.39, 0.29) is 0 Å². The lowest BCUT2D eigenvalue weighted by molar-refractivity contribution is 0.259. The summed E-state index contributed by atoms with van der Waals surface area (Å²) in [5.74, 6) is 1.53. The van der Waals surface area contributed by atoms with Gasteiger partial charge < -0.3 is 5.32 Å². The molecule has 18 heavy (non-hydrogen) atoms. The average Bonchev–Trinajstić information content (AvgIpc) is 2.37. The zero-order chi connectivity index (χ0) is 13.0. The molecule has 0 aliphatic heterocycles. The van der Waals surface area contributed by atoms with E-state index in [2.05, 4.69) is 56.4 Å². The SMILES string of the molecule is CC1CCCC(NC(c2ccccc2)C(C)C)C1. The minimum atomic E-state index is 0.501. The predicted molar refractivity (Wildman–Crippen MR) is 78.6 cm³/mol. The summed E-state index contributed by atoms with van der Waals surface area (Å²) in [5.41, 5.74) is 1.44. The second-order valence-electron chi connectivity index (χ2n) is 6.27. The maximum absolute atomic E-state index is 3.90. The summed E-state index contributed by atoms with van der Waals surface area (Å²) >= 11 is 0. The van der Waals surface area contributed by atoms with Crippen molar-refractivity contribution in [2.24, 2.45) is 11.8 Å². The molecule has 0 aromatic heterocycles. The first kappa shape index (κ1) is 13.6. The van der Waals surface area contributed by atoms with Crippen LogP contribution in [0, 0.1) is 11.8 Å². The van der Waals surface area contributed by atoms with Gasteiger partial charge in [-0.25, -0.2) is 0 Å². The molecule has 0 spiro atoms. The highest BCUT2D eigenvalue weighted by atomic mass is 15.0. The Morgan fingerprint density at radius 1 is 1.11 bits per heavy atom. The normalized spacial score (nSPS) is 26.2. The fourth-order valence-corrected chi connectivity index (χ4v) is 3.17. The topological polar surface area (TPSA) is 12.0 Å². The Labute approximate surface area is 112 Å². The zero-order valence-corrected chi connectivity index (χ0v) is 12.0. The summed E-state index contributed by atoms with van der Waals surface area (Å²) in [5, 5.41) is 3.90. The van der Waals surface area contributed by atoms with Gasteiger partial charge in [-0.2, -0.15) is 0 Å². The fraction of sp³-hybridized carbons (Fsp3) is 0.647. The molecule has 1 aromatic carbocycles. The van der Waals surface area contributed by atoms with Crippen LogP contribution in [0.1, 0.15) is 58.1 Å². The molecule has 2 rings (SSSR count). The largest absolute Gasteiger partial charge is 0.307 e. The molecule has 3 atom stereocenters. The molecule has 0 heterocycles. The minimum Gasteiger partial charge on any atom is -0.307 e. The lowest BCUT2D eigenvalue weighted by Crippen LogP contribution is -2.38. The molecular formula is C17H27N. The quantitative estimate of drug-likeness (QED) is 0.820. The van der Waals surface area contributed by atoms with Crippen molar-refractivity contribution in [2.45, 2.75) is 58.5 Å². The molecule has 0 saturated heterocycles. The number of benzene rings is 1. The molecule has 1 aliphatic carbocycles. The van der Waals surface area contributed by atoms with Gasteiger partial charge in [-0.1, -0.05) is 63.9 Å². The Morgan fingerprint density at radius 3 is 2.44 bits per heavy atom. The van der Waals surface area contributed by atoms with Crippen LogP contribution in [-0.2, 0) is 0 Å². The summed E-state index contributed by atoms with van der Waals surface area (Å²) in [6, 6.07) is 12.1. The first-order chi connectivity index (χ1) is 8.66. The van der Waals surface area contributed by atoms with Gasteiger partial charge in [0.15, 0.2) is 0 Å². The van der Waals surface area contributed by atoms with Crippen LogP contribution >= 0.6 is 0 Å². The number of hydrogen-bond acceptors (Lipinski definition) is 1. The van der Waals surface area contributed by atoms with Gasteiger partial charge in [0.1, 0.15) is 0 Å². The maximum atomic E-state index is 3.90. The molecule has 3 unspecified atom stereocenters. The third-order valence-corrected chi connectivity index (χ3v) is 4.18. The van der Waals surface area contributed by atoms with E-state index >= 15 is 0 Å². The van der Waals surface area contributed by atoms with Crippen LogP contribution in [0.25, 0.3) is 0 Å². The molecule has 1 aromatic rings. The fourth-order valence-electron chi connectivity index (χ4n) is 3.17. The van der Waals surface area contributed by atoms with Gasteiger partial charge in [-0.3, -0.25) is 0 Å². The summed E-state index contributed by atoms with van der Waals surface area (Å²) in [6.07, 6.45) is 5.49. The molecule has 0 amide bonds. The van der Waals surface area contributed by atoms with Crippen molar-refractivity contribution < 1.29 is 0 Å². The van der Waals surface area contributed by atoms with Crippen molar-refractivity contribution in [3.8, 4) is 0 Å². The van der Waals surface area contributed by atoms with Gasteiger partial charge in [0.2, 0.25) is 0 Å². The monoisotopic (exact) mass is 245 g/mol. The molecule has 1 fully saturated rings. The van der Waals surface area contributed by atoms with Gasteiger partial charge in [0.05, 0.1) is 0 Å². The van der Waals surface area contributed by atoms with Crippen LogP contribution in [0.3, 0.4) is 0 Å². The first-order valence-corrected chi connectivity index (χ1v) is 7.48. The third kappa shape index (κ3) is 3.58. The standard InChI is InChI=1S/C17H27N/c1-13(2)17(15-9-5-4-6-10-15)18-16-11-7-8-14(3)12-16/h4-6,9-10,13-14,16-18H,7-8,11-12H2,1-3H3.